The highest BCUT2D eigenvalue weighted by Crippen LogP contribution is 2.43. The molecule has 3 N–H and O–H groups in total. The molecule has 0 rings (SSSR count). The van der Waals surface area contributed by atoms with Gasteiger partial charge in [-0.15, -0.1) is 0 Å². The zero-order valence-electron chi connectivity index (χ0n) is 40.3. The van der Waals surface area contributed by atoms with E-state index in [-0.39, 0.29) is 38.8 Å². The van der Waals surface area contributed by atoms with Gasteiger partial charge in [0.15, 0.2) is 0 Å². The lowest BCUT2D eigenvalue weighted by Gasteiger charge is -2.20. The van der Waals surface area contributed by atoms with Gasteiger partial charge in [0.25, 0.3) is 0 Å². The molecule has 0 spiro atoms. The molecule has 0 saturated carbocycles. The largest absolute Gasteiger partial charge is 0.472 e. The molecule has 0 aromatic carbocycles. The van der Waals surface area contributed by atoms with E-state index in [4.69, 9.17) is 24.3 Å². The molecule has 2 atom stereocenters. The first-order chi connectivity index (χ1) is 30.9. The maximum atomic E-state index is 12.6. The van der Waals surface area contributed by atoms with Crippen LogP contribution in [-0.2, 0) is 27.9 Å². The van der Waals surface area contributed by atoms with E-state index in [0.717, 1.165) is 77.0 Å². The van der Waals surface area contributed by atoms with Crippen LogP contribution in [0.2, 0.25) is 0 Å². The fourth-order valence-electron chi connectivity index (χ4n) is 6.56. The highest BCUT2D eigenvalue weighted by molar-refractivity contribution is 7.47. The van der Waals surface area contributed by atoms with Gasteiger partial charge in [-0.05, 0) is 96.3 Å². The Morgan fingerprint density at radius 1 is 0.492 bits per heavy atom. The molecule has 0 heterocycles. The minimum Gasteiger partial charge on any atom is -0.457 e. The number of hydrogen-bond acceptors (Lipinski definition) is 7. The molecule has 0 aliphatic carbocycles. The molecule has 362 valence electrons. The zero-order chi connectivity index (χ0) is 45.8. The van der Waals surface area contributed by atoms with Crippen molar-refractivity contribution in [3.63, 3.8) is 0 Å². The quantitative estimate of drug-likeness (QED) is 0.0268. The van der Waals surface area contributed by atoms with Gasteiger partial charge < -0.3 is 20.1 Å². The third-order valence-corrected chi connectivity index (χ3v) is 11.2. The first kappa shape index (κ1) is 60.4. The molecule has 0 saturated heterocycles. The van der Waals surface area contributed by atoms with E-state index in [1.807, 2.05) is 0 Å². The van der Waals surface area contributed by atoms with Gasteiger partial charge in [-0.2, -0.15) is 0 Å². The molecule has 0 fully saturated rings. The summed E-state index contributed by atoms with van der Waals surface area (Å²) in [6.45, 7) is 4.75. The Morgan fingerprint density at radius 3 is 1.35 bits per heavy atom. The second kappa shape index (κ2) is 50.4. The Hall–Kier alpha value is -2.58. The Labute approximate surface area is 387 Å². The molecule has 0 aliphatic heterocycles. The van der Waals surface area contributed by atoms with E-state index in [1.165, 1.54) is 96.3 Å². The first-order valence-electron chi connectivity index (χ1n) is 25.2. The third-order valence-electron chi connectivity index (χ3n) is 10.2. The summed E-state index contributed by atoms with van der Waals surface area (Å²) < 4.78 is 33.5. The lowest BCUT2D eigenvalue weighted by Crippen LogP contribution is -2.28. The number of nitrogens with two attached hydrogens (primary N) is 1. The van der Waals surface area contributed by atoms with E-state index in [2.05, 4.69) is 111 Å². The van der Waals surface area contributed by atoms with Gasteiger partial charge in [-0.25, -0.2) is 4.57 Å². The molecule has 0 aromatic heterocycles. The lowest BCUT2D eigenvalue weighted by molar-refractivity contribution is -0.154. The number of phosphoric ester groups is 1. The molecule has 63 heavy (non-hydrogen) atoms. The average molecular weight is 900 g/mol. The summed E-state index contributed by atoms with van der Waals surface area (Å²) in [7, 11) is -4.30. The van der Waals surface area contributed by atoms with E-state index in [1.54, 1.807) is 0 Å². The normalized spacial score (nSPS) is 14.2. The van der Waals surface area contributed by atoms with Crippen molar-refractivity contribution in [2.45, 2.75) is 206 Å². The van der Waals surface area contributed by atoms with Crippen LogP contribution in [0.1, 0.15) is 200 Å². The van der Waals surface area contributed by atoms with Crippen LogP contribution in [-0.4, -0.2) is 49.9 Å². The van der Waals surface area contributed by atoms with Crippen LogP contribution in [0.3, 0.4) is 0 Å². The molecule has 0 aliphatic rings. The Balaban J connectivity index is 4.08. The van der Waals surface area contributed by atoms with Gasteiger partial charge >= 0.3 is 13.8 Å². The first-order valence-corrected chi connectivity index (χ1v) is 26.7. The predicted molar refractivity (Wildman–Crippen MR) is 270 cm³/mol. The zero-order valence-corrected chi connectivity index (χ0v) is 41.2. The molecule has 0 bridgehead atoms. The van der Waals surface area contributed by atoms with Crippen LogP contribution in [0.4, 0.5) is 0 Å². The number of unbranched alkanes of at least 4 members (excludes halogenated alkanes) is 18. The van der Waals surface area contributed by atoms with Gasteiger partial charge in [-0.3, -0.25) is 13.8 Å². The van der Waals surface area contributed by atoms with E-state index in [9.17, 15) is 14.3 Å². The Kier molecular flexibility index (Phi) is 48.4. The maximum absolute atomic E-state index is 12.6. The number of carbonyl (C=O) groups excluding carboxylic acids is 1. The van der Waals surface area contributed by atoms with E-state index in [0.29, 0.717) is 13.0 Å². The third kappa shape index (κ3) is 50.3. The minimum absolute atomic E-state index is 0.0890. The molecule has 0 amide bonds. The van der Waals surface area contributed by atoms with Crippen molar-refractivity contribution in [2.75, 3.05) is 33.0 Å². The van der Waals surface area contributed by atoms with Crippen molar-refractivity contribution in [3.05, 3.63) is 97.2 Å². The maximum Gasteiger partial charge on any atom is 0.472 e. The van der Waals surface area contributed by atoms with E-state index < -0.39 is 13.9 Å². The number of hydrogen-bond donors (Lipinski definition) is 2. The smallest absolute Gasteiger partial charge is 0.457 e. The molecule has 8 nitrogen and oxygen atoms in total. The van der Waals surface area contributed by atoms with Crippen molar-refractivity contribution in [3.8, 4) is 0 Å². The van der Waals surface area contributed by atoms with Gasteiger partial charge in [0.1, 0.15) is 6.10 Å². The summed E-state index contributed by atoms with van der Waals surface area (Å²) in [6.07, 6.45) is 67.2. The second-order valence-electron chi connectivity index (χ2n) is 16.3. The SMILES string of the molecule is CC/C=C\C/C=C\C/C=C\C/C=C\C/C=C\C/C=C\C/C=C\CCCCCC(=O)OC(COCCCCCCCCCC/C=C\CCCCCCCCC)COP(=O)(O)OCCN. The van der Waals surface area contributed by atoms with E-state index >= 15 is 0 Å². The van der Waals surface area contributed by atoms with Gasteiger partial charge in [-0.1, -0.05) is 195 Å². The molecule has 9 heteroatoms. The van der Waals surface area contributed by atoms with Crippen molar-refractivity contribution in [1.29, 1.82) is 0 Å². The van der Waals surface area contributed by atoms with Gasteiger partial charge in [0.05, 0.1) is 19.8 Å². The predicted octanol–water partition coefficient (Wildman–Crippen LogP) is 15.8. The number of ether oxygens (including phenoxy) is 2. The molecule has 0 aromatic rings. The number of esters is 1. The topological polar surface area (TPSA) is 117 Å². The van der Waals surface area contributed by atoms with Crippen LogP contribution in [0, 0.1) is 0 Å². The highest BCUT2D eigenvalue weighted by Gasteiger charge is 2.25. The summed E-state index contributed by atoms with van der Waals surface area (Å²) in [4.78, 5) is 22.6. The van der Waals surface area contributed by atoms with Crippen molar-refractivity contribution in [2.24, 2.45) is 5.73 Å². The summed E-state index contributed by atoms with van der Waals surface area (Å²) in [5, 5.41) is 0. The molecule has 0 radical (unpaired) electrons. The fraction of sp³-hybridized carbons (Fsp3) is 0.685. The van der Waals surface area contributed by atoms with Crippen molar-refractivity contribution < 1.29 is 32.8 Å². The summed E-state index contributed by atoms with van der Waals surface area (Å²) in [6, 6.07) is 0. The fourth-order valence-corrected chi connectivity index (χ4v) is 7.32. The van der Waals surface area contributed by atoms with Crippen LogP contribution in [0.25, 0.3) is 0 Å². The number of allylic oxidation sites excluding steroid dienone is 16. The van der Waals surface area contributed by atoms with Gasteiger partial charge in [0, 0.05) is 19.6 Å². The summed E-state index contributed by atoms with van der Waals surface area (Å²) >= 11 is 0. The molecular formula is C54H94NO7P. The minimum atomic E-state index is -4.30. The van der Waals surface area contributed by atoms with Crippen molar-refractivity contribution in [1.82, 2.24) is 0 Å². The van der Waals surface area contributed by atoms with Crippen LogP contribution < -0.4 is 5.73 Å². The molecule has 2 unspecified atom stereocenters. The average Bonchev–Trinajstić information content (AvgIpc) is 3.28. The number of carbonyl (C=O) groups is 1. The molecular weight excluding hydrogens is 806 g/mol. The highest BCUT2D eigenvalue weighted by atomic mass is 31.2. The standard InChI is InChI=1S/C54H94NO7P/c1-3-5-7-9-11-13-15-17-19-21-23-24-25-26-27-28-29-31-33-35-37-39-41-43-45-47-54(56)62-53(52-61-63(57,58)60-50-48-55)51-59-49-46-44-42-40-38-36-34-32-30-22-20-18-16-14-12-10-8-6-4-2/h5,7,11,13,17,19-20,22-24,26-27,29,31,35,37,53H,3-4,6,8-10,12,14-16,18,21,25,28,30,32-34,36,38-52,55H2,1-2H3,(H,57,58)/b7-5-,13-11-,19-17-,22-20-,24-23-,27-26-,31-29-,37-35-. The lowest BCUT2D eigenvalue weighted by atomic mass is 10.1. The summed E-state index contributed by atoms with van der Waals surface area (Å²) in [5.41, 5.74) is 5.38. The Morgan fingerprint density at radius 2 is 0.889 bits per heavy atom. The van der Waals surface area contributed by atoms with Crippen molar-refractivity contribution >= 4 is 13.8 Å². The van der Waals surface area contributed by atoms with Gasteiger partial charge in [0.2, 0.25) is 0 Å². The monoisotopic (exact) mass is 900 g/mol. The number of rotatable bonds is 47. The second-order valence-corrected chi connectivity index (χ2v) is 17.7. The summed E-state index contributed by atoms with van der Waals surface area (Å²) in [5.74, 6) is -0.365. The van der Waals surface area contributed by atoms with Crippen LogP contribution in [0.15, 0.2) is 97.2 Å². The Bertz CT molecular complexity index is 1280. The van der Waals surface area contributed by atoms with Crippen LogP contribution >= 0.6 is 7.82 Å². The number of phosphoric acid groups is 1. The van der Waals surface area contributed by atoms with Crippen LogP contribution in [0.5, 0.6) is 0 Å².